The van der Waals surface area contributed by atoms with E-state index in [0.29, 0.717) is 0 Å². The number of urea groups is 1. The van der Waals surface area contributed by atoms with Crippen molar-refractivity contribution in [1.29, 1.82) is 0 Å². The Balaban J connectivity index is 1.98. The van der Waals surface area contributed by atoms with E-state index in [1.165, 1.54) is 0 Å². The number of carbonyl (C=O) groups is 3. The second-order valence-corrected chi connectivity index (χ2v) is 4.53. The van der Waals surface area contributed by atoms with Crippen molar-refractivity contribution >= 4 is 17.9 Å². The lowest BCUT2D eigenvalue weighted by Crippen LogP contribution is -2.55. The smallest absolute Gasteiger partial charge is 0.322 e. The van der Waals surface area contributed by atoms with Gasteiger partial charge in [-0.1, -0.05) is 0 Å². The molecule has 3 rings (SSSR count). The van der Waals surface area contributed by atoms with Crippen molar-refractivity contribution in [2.75, 3.05) is 0 Å². The predicted octanol–water partition coefficient (Wildman–Crippen LogP) is -0.747. The van der Waals surface area contributed by atoms with Crippen molar-refractivity contribution in [2.45, 2.75) is 18.1 Å². The summed E-state index contributed by atoms with van der Waals surface area (Å²) in [6.45, 7) is 0. The van der Waals surface area contributed by atoms with E-state index in [1.54, 1.807) is 0 Å². The summed E-state index contributed by atoms with van der Waals surface area (Å²) in [4.78, 5) is 33.5. The summed E-state index contributed by atoms with van der Waals surface area (Å²) in [5, 5.41) is 13.1. The van der Waals surface area contributed by atoms with Crippen LogP contribution in [0.5, 0.6) is 0 Å². The summed E-state index contributed by atoms with van der Waals surface area (Å²) < 4.78 is 13.8. The summed E-state index contributed by atoms with van der Waals surface area (Å²) in [7, 11) is 0. The van der Waals surface area contributed by atoms with E-state index in [1.807, 2.05) is 5.32 Å². The topological polar surface area (TPSA) is 95.5 Å². The minimum Gasteiger partial charge on any atom is -0.481 e. The first kappa shape index (κ1) is 9.56. The van der Waals surface area contributed by atoms with Crippen LogP contribution in [0.25, 0.3) is 0 Å². The number of aliphatic carboxylic acids is 1. The van der Waals surface area contributed by atoms with E-state index in [0.717, 1.165) is 0 Å². The number of rotatable bonds is 1. The molecule has 86 valence electrons. The van der Waals surface area contributed by atoms with Crippen molar-refractivity contribution in [3.8, 4) is 0 Å². The Kier molecular flexibility index (Phi) is 1.51. The highest BCUT2D eigenvalue weighted by atomic mass is 19.1. The largest absolute Gasteiger partial charge is 0.481 e. The molecule has 0 aromatic rings. The molecule has 5 unspecified atom stereocenters. The highest BCUT2D eigenvalue weighted by Crippen LogP contribution is 2.63. The molecule has 3 fully saturated rings. The molecule has 6 nitrogen and oxygen atoms in total. The lowest BCUT2D eigenvalue weighted by Gasteiger charge is -2.26. The van der Waals surface area contributed by atoms with Crippen LogP contribution in [0.15, 0.2) is 0 Å². The first-order chi connectivity index (χ1) is 7.48. The monoisotopic (exact) mass is 228 g/mol. The Morgan fingerprint density at radius 2 is 2.19 bits per heavy atom. The lowest BCUT2D eigenvalue weighted by molar-refractivity contribution is -0.140. The SMILES string of the molecule is O=C1NC(=O)C2(N1)C(F)CC1C(C(=O)O)C12. The lowest BCUT2D eigenvalue weighted by atomic mass is 9.89. The van der Waals surface area contributed by atoms with Gasteiger partial charge in [0.25, 0.3) is 5.91 Å². The van der Waals surface area contributed by atoms with Gasteiger partial charge >= 0.3 is 12.0 Å². The minimum absolute atomic E-state index is 0.0231. The van der Waals surface area contributed by atoms with Gasteiger partial charge in [0.15, 0.2) is 5.54 Å². The molecule has 16 heavy (non-hydrogen) atoms. The van der Waals surface area contributed by atoms with Crippen LogP contribution in [-0.2, 0) is 9.59 Å². The number of imide groups is 1. The Morgan fingerprint density at radius 3 is 2.69 bits per heavy atom. The van der Waals surface area contributed by atoms with E-state index >= 15 is 0 Å². The number of hydrogen-bond acceptors (Lipinski definition) is 3. The van der Waals surface area contributed by atoms with Crippen LogP contribution in [0.2, 0.25) is 0 Å². The van der Waals surface area contributed by atoms with Gasteiger partial charge in [-0.3, -0.25) is 14.9 Å². The Hall–Kier alpha value is -1.66. The maximum Gasteiger partial charge on any atom is 0.322 e. The van der Waals surface area contributed by atoms with Gasteiger partial charge in [-0.2, -0.15) is 0 Å². The van der Waals surface area contributed by atoms with Gasteiger partial charge in [0.1, 0.15) is 6.17 Å². The Morgan fingerprint density at radius 1 is 1.50 bits per heavy atom. The zero-order valence-corrected chi connectivity index (χ0v) is 8.07. The van der Waals surface area contributed by atoms with Crippen molar-refractivity contribution in [3.05, 3.63) is 0 Å². The van der Waals surface area contributed by atoms with E-state index < -0.39 is 41.5 Å². The summed E-state index contributed by atoms with van der Waals surface area (Å²) in [5.74, 6) is -3.42. The van der Waals surface area contributed by atoms with Gasteiger partial charge in [-0.15, -0.1) is 0 Å². The summed E-state index contributed by atoms with van der Waals surface area (Å²) in [5.41, 5.74) is -1.63. The predicted molar refractivity (Wildman–Crippen MR) is 47.0 cm³/mol. The molecule has 0 aromatic heterocycles. The Bertz CT molecular complexity index is 426. The summed E-state index contributed by atoms with van der Waals surface area (Å²) >= 11 is 0. The maximum atomic E-state index is 13.8. The Labute approximate surface area is 89.2 Å². The molecule has 0 bridgehead atoms. The van der Waals surface area contributed by atoms with Crippen LogP contribution in [0.1, 0.15) is 6.42 Å². The van der Waals surface area contributed by atoms with E-state index in [2.05, 4.69) is 5.32 Å². The van der Waals surface area contributed by atoms with Gasteiger partial charge in [-0.05, 0) is 12.3 Å². The number of nitrogens with one attached hydrogen (secondary N) is 2. The average molecular weight is 228 g/mol. The van der Waals surface area contributed by atoms with Crippen molar-refractivity contribution in [1.82, 2.24) is 10.6 Å². The summed E-state index contributed by atoms with van der Waals surface area (Å²) in [6.07, 6.45) is -1.47. The molecule has 1 saturated heterocycles. The van der Waals surface area contributed by atoms with Crippen molar-refractivity contribution < 1.29 is 23.9 Å². The normalized spacial score (nSPS) is 48.8. The molecule has 3 aliphatic rings. The highest BCUT2D eigenvalue weighted by Gasteiger charge is 2.77. The molecular weight excluding hydrogens is 219 g/mol. The van der Waals surface area contributed by atoms with Crippen LogP contribution < -0.4 is 10.6 Å². The number of halogens is 1. The van der Waals surface area contributed by atoms with Crippen LogP contribution in [0.3, 0.4) is 0 Å². The van der Waals surface area contributed by atoms with Crippen LogP contribution >= 0.6 is 0 Å². The third-order valence-corrected chi connectivity index (χ3v) is 3.88. The van der Waals surface area contributed by atoms with Gasteiger partial charge in [0, 0.05) is 5.92 Å². The molecule has 5 atom stereocenters. The fourth-order valence-corrected chi connectivity index (χ4v) is 3.20. The summed E-state index contributed by atoms with van der Waals surface area (Å²) in [6, 6.07) is -0.746. The number of carboxylic acid groups (broad SMARTS) is 1. The minimum atomic E-state index is -1.63. The fourth-order valence-electron chi connectivity index (χ4n) is 3.20. The molecule has 2 saturated carbocycles. The van der Waals surface area contributed by atoms with Crippen molar-refractivity contribution in [2.24, 2.45) is 17.8 Å². The average Bonchev–Trinajstić information content (AvgIpc) is 2.71. The van der Waals surface area contributed by atoms with Gasteiger partial charge < -0.3 is 10.4 Å². The molecule has 1 aliphatic heterocycles. The zero-order chi connectivity index (χ0) is 11.7. The molecular formula is C9H9FN2O4. The first-order valence-electron chi connectivity index (χ1n) is 4.99. The second-order valence-electron chi connectivity index (χ2n) is 4.53. The number of carboxylic acids is 1. The number of fused-ring (bicyclic) bond motifs is 2. The zero-order valence-electron chi connectivity index (χ0n) is 8.07. The molecule has 1 heterocycles. The number of carbonyl (C=O) groups excluding carboxylic acids is 2. The fraction of sp³-hybridized carbons (Fsp3) is 0.667. The van der Waals surface area contributed by atoms with E-state index in [4.69, 9.17) is 5.11 Å². The number of amides is 3. The molecule has 3 N–H and O–H groups in total. The van der Waals surface area contributed by atoms with E-state index in [9.17, 15) is 18.8 Å². The molecule has 0 aromatic carbocycles. The quantitative estimate of drug-likeness (QED) is 0.515. The number of alkyl halides is 1. The van der Waals surface area contributed by atoms with Crippen molar-refractivity contribution in [3.63, 3.8) is 0 Å². The maximum absolute atomic E-state index is 13.8. The molecule has 3 amide bonds. The third kappa shape index (κ3) is 0.845. The van der Waals surface area contributed by atoms with E-state index in [-0.39, 0.29) is 12.3 Å². The molecule has 2 aliphatic carbocycles. The molecule has 7 heteroatoms. The van der Waals surface area contributed by atoms with Gasteiger partial charge in [0.2, 0.25) is 0 Å². The standard InChI is InChI=1S/C9H9FN2O4/c10-3-1-2-4(6(13)14)5(2)9(3)7(15)11-8(16)12-9/h2-5H,1H2,(H,13,14)(H2,11,12,15,16). The van der Waals surface area contributed by atoms with Gasteiger partial charge in [-0.25, -0.2) is 9.18 Å². The first-order valence-corrected chi connectivity index (χ1v) is 4.99. The second kappa shape index (κ2) is 2.53. The molecule has 1 spiro atoms. The van der Waals surface area contributed by atoms with Crippen LogP contribution in [0.4, 0.5) is 9.18 Å². The third-order valence-electron chi connectivity index (χ3n) is 3.88. The van der Waals surface area contributed by atoms with Gasteiger partial charge in [0.05, 0.1) is 5.92 Å². The van der Waals surface area contributed by atoms with Crippen LogP contribution in [-0.4, -0.2) is 34.7 Å². The van der Waals surface area contributed by atoms with Crippen LogP contribution in [0, 0.1) is 17.8 Å². The number of hydrogen-bond donors (Lipinski definition) is 3. The molecule has 0 radical (unpaired) electrons. The highest BCUT2D eigenvalue weighted by molar-refractivity contribution is 6.09.